The maximum Gasteiger partial charge on any atom is 0.257 e. The van der Waals surface area contributed by atoms with Crippen LogP contribution in [0.1, 0.15) is 5.56 Å². The van der Waals surface area contributed by atoms with Gasteiger partial charge in [0, 0.05) is 5.56 Å². The van der Waals surface area contributed by atoms with E-state index in [2.05, 4.69) is 29.2 Å². The number of carbonyl (C=O) groups is 1. The molecule has 0 unspecified atom stereocenters. The first-order valence-corrected chi connectivity index (χ1v) is 9.90. The third-order valence-corrected chi connectivity index (χ3v) is 5.53. The first kappa shape index (κ1) is 17.1. The molecule has 5 nitrogen and oxygen atoms in total. The van der Waals surface area contributed by atoms with Crippen LogP contribution < -0.4 is 4.90 Å². The maximum atomic E-state index is 12.5. The lowest BCUT2D eigenvalue weighted by Crippen LogP contribution is -3.13. The molecule has 6 heteroatoms. The SMILES string of the molecule is O=C(CSc1nc2ccccc2o1)N1CC[NH+](Cc2ccccc2)CC1. The molecule has 0 saturated carbocycles. The number of fused-ring (bicyclic) bond motifs is 1. The molecule has 2 heterocycles. The Kier molecular flexibility index (Phi) is 5.22. The van der Waals surface area contributed by atoms with Gasteiger partial charge < -0.3 is 14.2 Å². The van der Waals surface area contributed by atoms with Crippen LogP contribution in [0.5, 0.6) is 0 Å². The predicted octanol–water partition coefficient (Wildman–Crippen LogP) is 1.85. The number of para-hydroxylation sites is 2. The molecule has 0 aliphatic carbocycles. The number of hydrogen-bond acceptors (Lipinski definition) is 4. The number of amides is 1. The zero-order valence-corrected chi connectivity index (χ0v) is 15.4. The molecule has 1 fully saturated rings. The van der Waals surface area contributed by atoms with Gasteiger partial charge in [-0.1, -0.05) is 54.2 Å². The van der Waals surface area contributed by atoms with Gasteiger partial charge in [0.15, 0.2) is 5.58 Å². The van der Waals surface area contributed by atoms with E-state index in [9.17, 15) is 4.79 Å². The summed E-state index contributed by atoms with van der Waals surface area (Å²) in [7, 11) is 0. The number of aromatic nitrogens is 1. The van der Waals surface area contributed by atoms with Crippen LogP contribution in [0.3, 0.4) is 0 Å². The molecule has 1 aromatic heterocycles. The van der Waals surface area contributed by atoms with E-state index >= 15 is 0 Å². The van der Waals surface area contributed by atoms with Crippen molar-refractivity contribution < 1.29 is 14.1 Å². The van der Waals surface area contributed by atoms with Crippen molar-refractivity contribution in [3.05, 3.63) is 60.2 Å². The van der Waals surface area contributed by atoms with Gasteiger partial charge in [-0.25, -0.2) is 4.98 Å². The van der Waals surface area contributed by atoms with E-state index in [1.807, 2.05) is 35.2 Å². The van der Waals surface area contributed by atoms with Crippen molar-refractivity contribution in [2.75, 3.05) is 31.9 Å². The van der Waals surface area contributed by atoms with Crippen LogP contribution in [0, 0.1) is 0 Å². The van der Waals surface area contributed by atoms with Crippen LogP contribution in [0.25, 0.3) is 11.1 Å². The highest BCUT2D eigenvalue weighted by Gasteiger charge is 2.24. The Morgan fingerprint density at radius 3 is 2.58 bits per heavy atom. The highest BCUT2D eigenvalue weighted by Crippen LogP contribution is 2.23. The van der Waals surface area contributed by atoms with Crippen molar-refractivity contribution in [1.29, 1.82) is 0 Å². The monoisotopic (exact) mass is 368 g/mol. The molecule has 0 radical (unpaired) electrons. The fraction of sp³-hybridized carbons (Fsp3) is 0.300. The fourth-order valence-corrected chi connectivity index (χ4v) is 4.00. The van der Waals surface area contributed by atoms with Crippen molar-refractivity contribution in [2.24, 2.45) is 0 Å². The standard InChI is InChI=1S/C20H21N3O2S/c24-19(15-26-20-21-17-8-4-5-9-18(17)25-20)23-12-10-22(11-13-23)14-16-6-2-1-3-7-16/h1-9H,10-15H2/p+1. The summed E-state index contributed by atoms with van der Waals surface area (Å²) in [5.74, 6) is 0.539. The van der Waals surface area contributed by atoms with Crippen LogP contribution in [0.15, 0.2) is 64.2 Å². The zero-order valence-electron chi connectivity index (χ0n) is 14.6. The topological polar surface area (TPSA) is 50.8 Å². The Hall–Kier alpha value is -2.31. The quantitative estimate of drug-likeness (QED) is 0.699. The molecular weight excluding hydrogens is 346 g/mol. The summed E-state index contributed by atoms with van der Waals surface area (Å²) in [6, 6.07) is 18.2. The van der Waals surface area contributed by atoms with Crippen LogP contribution in [-0.2, 0) is 11.3 Å². The number of thioether (sulfide) groups is 1. The van der Waals surface area contributed by atoms with Crippen LogP contribution >= 0.6 is 11.8 Å². The summed E-state index contributed by atoms with van der Waals surface area (Å²) in [4.78, 5) is 20.4. The van der Waals surface area contributed by atoms with E-state index in [1.54, 1.807) is 0 Å². The second-order valence-electron chi connectivity index (χ2n) is 6.53. The fourth-order valence-electron chi connectivity index (χ4n) is 3.26. The average molecular weight is 368 g/mol. The minimum atomic E-state index is 0.163. The first-order valence-electron chi connectivity index (χ1n) is 8.91. The Morgan fingerprint density at radius 1 is 1.08 bits per heavy atom. The number of nitrogens with zero attached hydrogens (tertiary/aromatic N) is 2. The number of nitrogens with one attached hydrogen (secondary N) is 1. The molecule has 1 saturated heterocycles. The molecule has 26 heavy (non-hydrogen) atoms. The second kappa shape index (κ2) is 7.93. The van der Waals surface area contributed by atoms with Crippen molar-refractivity contribution in [3.8, 4) is 0 Å². The first-order chi connectivity index (χ1) is 12.8. The number of hydrogen-bond donors (Lipinski definition) is 1. The van der Waals surface area contributed by atoms with Gasteiger partial charge in [0.2, 0.25) is 5.91 Å². The van der Waals surface area contributed by atoms with Gasteiger partial charge >= 0.3 is 0 Å². The molecule has 1 amide bonds. The van der Waals surface area contributed by atoms with Gasteiger partial charge in [0.1, 0.15) is 12.1 Å². The number of oxazole rings is 1. The van der Waals surface area contributed by atoms with Crippen molar-refractivity contribution in [2.45, 2.75) is 11.8 Å². The van der Waals surface area contributed by atoms with E-state index in [1.165, 1.54) is 22.2 Å². The van der Waals surface area contributed by atoms with Crippen molar-refractivity contribution >= 4 is 28.8 Å². The third-order valence-electron chi connectivity index (χ3n) is 4.71. The highest BCUT2D eigenvalue weighted by atomic mass is 32.2. The molecule has 0 bridgehead atoms. The Bertz CT molecular complexity index is 840. The normalized spacial score (nSPS) is 15.5. The molecule has 1 aliphatic rings. The van der Waals surface area contributed by atoms with E-state index in [0.717, 1.165) is 43.8 Å². The second-order valence-corrected chi connectivity index (χ2v) is 7.46. The van der Waals surface area contributed by atoms with E-state index in [-0.39, 0.29) is 5.91 Å². The zero-order chi connectivity index (χ0) is 17.8. The van der Waals surface area contributed by atoms with Gasteiger partial charge in [-0.2, -0.15) is 0 Å². The lowest BCUT2D eigenvalue weighted by Gasteiger charge is -2.32. The Morgan fingerprint density at radius 2 is 1.81 bits per heavy atom. The summed E-state index contributed by atoms with van der Waals surface area (Å²) >= 11 is 1.38. The molecular formula is C20H22N3O2S+. The van der Waals surface area contributed by atoms with Crippen molar-refractivity contribution in [3.63, 3.8) is 0 Å². The number of rotatable bonds is 5. The van der Waals surface area contributed by atoms with Gasteiger partial charge in [-0.3, -0.25) is 4.79 Å². The number of carbonyl (C=O) groups excluding carboxylic acids is 1. The Balaban J connectivity index is 1.25. The molecule has 3 aromatic rings. The van der Waals surface area contributed by atoms with Crippen LogP contribution in [0.2, 0.25) is 0 Å². The highest BCUT2D eigenvalue weighted by molar-refractivity contribution is 7.99. The predicted molar refractivity (Wildman–Crippen MR) is 102 cm³/mol. The Labute approximate surface area is 157 Å². The average Bonchev–Trinajstić information content (AvgIpc) is 3.10. The maximum absolute atomic E-state index is 12.5. The molecule has 134 valence electrons. The van der Waals surface area contributed by atoms with Crippen molar-refractivity contribution in [1.82, 2.24) is 9.88 Å². The third kappa shape index (κ3) is 4.08. The summed E-state index contributed by atoms with van der Waals surface area (Å²) in [5, 5.41) is 0.563. The van der Waals surface area contributed by atoms with Crippen LogP contribution in [-0.4, -0.2) is 47.7 Å². The smallest absolute Gasteiger partial charge is 0.257 e. The molecule has 4 rings (SSSR count). The van der Waals surface area contributed by atoms with Crippen LogP contribution in [0.4, 0.5) is 0 Å². The number of benzene rings is 2. The van der Waals surface area contributed by atoms with Gasteiger partial charge in [0.05, 0.1) is 31.9 Å². The molecule has 0 spiro atoms. The minimum absolute atomic E-state index is 0.163. The summed E-state index contributed by atoms with van der Waals surface area (Å²) in [5.41, 5.74) is 2.95. The van der Waals surface area contributed by atoms with Gasteiger partial charge in [0.25, 0.3) is 5.22 Å². The molecule has 1 aliphatic heterocycles. The minimum Gasteiger partial charge on any atom is -0.431 e. The van der Waals surface area contributed by atoms with Gasteiger partial charge in [-0.15, -0.1) is 0 Å². The summed E-state index contributed by atoms with van der Waals surface area (Å²) in [6.45, 7) is 4.65. The van der Waals surface area contributed by atoms with E-state index in [4.69, 9.17) is 4.42 Å². The van der Waals surface area contributed by atoms with E-state index in [0.29, 0.717) is 11.0 Å². The van der Waals surface area contributed by atoms with Gasteiger partial charge in [-0.05, 0) is 12.1 Å². The summed E-state index contributed by atoms with van der Waals surface area (Å²) < 4.78 is 5.67. The largest absolute Gasteiger partial charge is 0.431 e. The number of piperazine rings is 1. The molecule has 1 N–H and O–H groups in total. The molecule has 2 aromatic carbocycles. The lowest BCUT2D eigenvalue weighted by molar-refractivity contribution is -0.917. The van der Waals surface area contributed by atoms with E-state index < -0.39 is 0 Å². The molecule has 0 atom stereocenters. The summed E-state index contributed by atoms with van der Waals surface area (Å²) in [6.07, 6.45) is 0. The lowest BCUT2D eigenvalue weighted by atomic mass is 10.2. The number of quaternary nitrogens is 1.